The third kappa shape index (κ3) is 1460. The zero-order valence-electron chi connectivity index (χ0n) is 7.37. The van der Waals surface area contributed by atoms with E-state index in [2.05, 4.69) is 0 Å². The first-order valence-corrected chi connectivity index (χ1v) is 1.34. The second-order valence-corrected chi connectivity index (χ2v) is 0. The van der Waals surface area contributed by atoms with E-state index in [1.807, 2.05) is 0 Å². The second-order valence-electron chi connectivity index (χ2n) is 0. The van der Waals surface area contributed by atoms with E-state index in [4.69, 9.17) is 71.0 Å². The summed E-state index contributed by atoms with van der Waals surface area (Å²) in [5.74, 6) is 0. The molecule has 0 unspecified atom stereocenters. The minimum absolute atomic E-state index is 0. The van der Waals surface area contributed by atoms with E-state index in [0.717, 1.165) is 0 Å². The van der Waals surface area contributed by atoms with Gasteiger partial charge in [0.1, 0.15) is 0 Å². The first-order chi connectivity index (χ1) is 6.00. The van der Waals surface area contributed by atoms with Gasteiger partial charge < -0.3 is 71.0 Å². The zero-order chi connectivity index (χ0) is 12.0. The van der Waals surface area contributed by atoms with Crippen molar-refractivity contribution in [2.75, 3.05) is 0 Å². The van der Waals surface area contributed by atoms with Crippen molar-refractivity contribution in [1.82, 2.24) is 0 Å². The molecule has 15 heavy (non-hydrogen) atoms. The van der Waals surface area contributed by atoms with Crippen molar-refractivity contribution in [2.24, 2.45) is 0 Å². The van der Waals surface area contributed by atoms with Crippen molar-refractivity contribution in [3.05, 3.63) is 39.4 Å². The molecular formula is C6CoFeN6Na. The summed E-state index contributed by atoms with van der Waals surface area (Å²) in [5.41, 5.74) is 0. The standard InChI is InChI=1S/6CN.Co.Fe.Na/c6*1-2;;;/q6*-1;+2;+3;+1. The normalized spacial score (nSPS) is 0.800. The van der Waals surface area contributed by atoms with Crippen LogP contribution in [-0.4, -0.2) is 0 Å². The predicted octanol–water partition coefficient (Wildman–Crippen LogP) is -2.42. The number of hydrogen-bond acceptors (Lipinski definition) is 6. The maximum atomic E-state index is 6.25. The third-order valence-corrected chi connectivity index (χ3v) is 0. The van der Waals surface area contributed by atoms with Gasteiger partial charge >= 0.3 is 63.4 Å². The SMILES string of the molecule is [C-]#N.[C-]#N.[C-]#N.[C-]#N.[C-]#N.[C-]#N.[Co+2].[Fe+3].[Na+]. The van der Waals surface area contributed by atoms with Crippen molar-refractivity contribution in [1.29, 1.82) is 31.6 Å². The van der Waals surface area contributed by atoms with Crippen LogP contribution in [0.15, 0.2) is 0 Å². The number of nitrogens with zero attached hydrogens (tertiary/aromatic N) is 6. The molecule has 0 saturated heterocycles. The van der Waals surface area contributed by atoms with E-state index in [0.29, 0.717) is 0 Å². The van der Waals surface area contributed by atoms with E-state index in [1.165, 1.54) is 0 Å². The van der Waals surface area contributed by atoms with E-state index in [9.17, 15) is 0 Å². The largest absolute Gasteiger partial charge is 3.00 e. The van der Waals surface area contributed by atoms with Gasteiger partial charge in [0.15, 0.2) is 0 Å². The van der Waals surface area contributed by atoms with Gasteiger partial charge in [-0.1, -0.05) is 0 Å². The fourth-order valence-electron chi connectivity index (χ4n) is 0. The Labute approximate surface area is 133 Å². The molecule has 9 heteroatoms. The van der Waals surface area contributed by atoms with Gasteiger partial charge in [-0.3, -0.25) is 0 Å². The Bertz CT molecular complexity index is 103. The van der Waals surface area contributed by atoms with Gasteiger partial charge in [-0.2, -0.15) is 0 Å². The minimum Gasteiger partial charge on any atom is -0.512 e. The van der Waals surface area contributed by atoms with Crippen LogP contribution in [0.1, 0.15) is 0 Å². The molecule has 0 saturated carbocycles. The molecule has 0 aliphatic rings. The molecular weight excluding hydrogens is 294 g/mol. The average Bonchev–Trinajstić information content (AvgIpc) is 2.33. The molecule has 0 bridgehead atoms. The predicted molar refractivity (Wildman–Crippen MR) is 29.8 cm³/mol. The Morgan fingerprint density at radius 1 is 0.400 bits per heavy atom. The topological polar surface area (TPSA) is 143 Å². The van der Waals surface area contributed by atoms with Crippen LogP contribution in [0.2, 0.25) is 0 Å². The third-order valence-electron chi connectivity index (χ3n) is 0. The molecule has 0 atom stereocenters. The van der Waals surface area contributed by atoms with Gasteiger partial charge in [0.25, 0.3) is 0 Å². The summed E-state index contributed by atoms with van der Waals surface area (Å²) in [4.78, 5) is 0. The molecule has 0 amide bonds. The molecule has 0 heterocycles. The van der Waals surface area contributed by atoms with Crippen LogP contribution in [0.4, 0.5) is 0 Å². The fourth-order valence-corrected chi connectivity index (χ4v) is 0. The van der Waals surface area contributed by atoms with Gasteiger partial charge in [0, 0.05) is 0 Å². The molecule has 0 aromatic carbocycles. The molecule has 0 fully saturated rings. The molecule has 0 aliphatic carbocycles. The van der Waals surface area contributed by atoms with Gasteiger partial charge in [-0.25, -0.2) is 0 Å². The van der Waals surface area contributed by atoms with Gasteiger partial charge in [0.2, 0.25) is 0 Å². The second kappa shape index (κ2) is 1740. The molecule has 0 aliphatic heterocycles. The monoisotopic (exact) mass is 294 g/mol. The van der Waals surface area contributed by atoms with Gasteiger partial charge in [-0.15, -0.1) is 0 Å². The van der Waals surface area contributed by atoms with E-state index < -0.39 is 0 Å². The fraction of sp³-hybridized carbons (Fsp3) is 0. The van der Waals surface area contributed by atoms with Crippen molar-refractivity contribution in [3.63, 3.8) is 0 Å². The molecule has 6 nitrogen and oxygen atoms in total. The Hall–Kier alpha value is -1.03. The maximum absolute atomic E-state index is 6.25. The maximum Gasteiger partial charge on any atom is 3.00 e. The van der Waals surface area contributed by atoms with Crippen LogP contribution in [0.25, 0.3) is 0 Å². The molecule has 0 aromatic rings. The summed E-state index contributed by atoms with van der Waals surface area (Å²) >= 11 is 0. The summed E-state index contributed by atoms with van der Waals surface area (Å²) < 4.78 is 0. The molecule has 2 radical (unpaired) electrons. The Balaban J connectivity index is -0.00000000396. The summed E-state index contributed by atoms with van der Waals surface area (Å²) in [5, 5.41) is 37.5. The van der Waals surface area contributed by atoms with E-state index >= 15 is 0 Å². The quantitative estimate of drug-likeness (QED) is 0.359. The summed E-state index contributed by atoms with van der Waals surface area (Å²) in [6.45, 7) is 28.5. The Kier molecular flexibility index (Phi) is 11000. The number of hydrogen-bond donors (Lipinski definition) is 0. The van der Waals surface area contributed by atoms with Crippen LogP contribution in [0.5, 0.6) is 0 Å². The Morgan fingerprint density at radius 3 is 0.400 bits per heavy atom. The zero-order valence-corrected chi connectivity index (χ0v) is 11.5. The van der Waals surface area contributed by atoms with Gasteiger partial charge in [0.05, 0.1) is 0 Å². The van der Waals surface area contributed by atoms with Crippen molar-refractivity contribution < 1.29 is 63.4 Å². The Morgan fingerprint density at radius 2 is 0.400 bits per heavy atom. The molecule has 72 valence electrons. The molecule has 0 aromatic heterocycles. The number of rotatable bonds is 0. The van der Waals surface area contributed by atoms with Crippen molar-refractivity contribution in [3.8, 4) is 0 Å². The summed E-state index contributed by atoms with van der Waals surface area (Å²) in [6.07, 6.45) is 0. The minimum atomic E-state index is 0. The van der Waals surface area contributed by atoms with Crippen LogP contribution < -0.4 is 29.6 Å². The van der Waals surface area contributed by atoms with Crippen LogP contribution >= 0.6 is 0 Å². The van der Waals surface area contributed by atoms with Gasteiger partial charge in [-0.05, 0) is 0 Å². The van der Waals surface area contributed by atoms with E-state index in [1.54, 1.807) is 0 Å². The molecule has 0 spiro atoms. The smallest absolute Gasteiger partial charge is 0.512 e. The van der Waals surface area contributed by atoms with Crippen molar-refractivity contribution in [2.45, 2.75) is 0 Å². The first kappa shape index (κ1) is 95.2. The summed E-state index contributed by atoms with van der Waals surface area (Å²) in [6, 6.07) is 0. The van der Waals surface area contributed by atoms with Crippen molar-refractivity contribution >= 4 is 0 Å². The van der Waals surface area contributed by atoms with Crippen LogP contribution in [-0.2, 0) is 33.8 Å². The molecule has 0 rings (SSSR count). The van der Waals surface area contributed by atoms with Crippen LogP contribution in [0, 0.1) is 71.0 Å². The summed E-state index contributed by atoms with van der Waals surface area (Å²) in [7, 11) is 0. The van der Waals surface area contributed by atoms with Crippen LogP contribution in [0.3, 0.4) is 0 Å². The molecule has 0 N–H and O–H groups in total. The average molecular weight is 294 g/mol. The first-order valence-electron chi connectivity index (χ1n) is 1.34. The van der Waals surface area contributed by atoms with E-state index in [-0.39, 0.29) is 63.4 Å².